The number of aromatic hydroxyl groups is 2. The van der Waals surface area contributed by atoms with Gasteiger partial charge in [0.15, 0.2) is 0 Å². The van der Waals surface area contributed by atoms with Gasteiger partial charge in [0, 0.05) is 0 Å². The lowest BCUT2D eigenvalue weighted by Gasteiger charge is -2.12. The van der Waals surface area contributed by atoms with Crippen LogP contribution in [0.4, 0.5) is 0 Å². The van der Waals surface area contributed by atoms with Gasteiger partial charge in [-0.25, -0.2) is 0 Å². The number of rotatable bonds is 1. The first kappa shape index (κ1) is 12.7. The van der Waals surface area contributed by atoms with Crippen LogP contribution < -0.4 is 21.9 Å². The Bertz CT molecular complexity index is 524. The molecule has 0 spiro atoms. The van der Waals surface area contributed by atoms with E-state index in [0.29, 0.717) is 11.1 Å². The van der Waals surface area contributed by atoms with Crippen molar-refractivity contribution in [3.63, 3.8) is 0 Å². The van der Waals surface area contributed by atoms with Gasteiger partial charge in [-0.1, -0.05) is 46.1 Å². The van der Waals surface area contributed by atoms with E-state index in [0.717, 1.165) is 0 Å². The van der Waals surface area contributed by atoms with E-state index in [-0.39, 0.29) is 33.4 Å². The Kier molecular flexibility index (Phi) is 3.20. The van der Waals surface area contributed by atoms with Crippen LogP contribution in [0.2, 0.25) is 0 Å². The summed E-state index contributed by atoms with van der Waals surface area (Å²) in [5.41, 5.74) is 1.96. The van der Waals surface area contributed by atoms with E-state index >= 15 is 0 Å². The molecule has 2 aromatic rings. The Morgan fingerprint density at radius 2 is 0.778 bits per heavy atom. The zero-order valence-electron chi connectivity index (χ0n) is 9.51. The summed E-state index contributed by atoms with van der Waals surface area (Å²) in [6.45, 7) is 0. The maximum absolute atomic E-state index is 9.49. The minimum absolute atomic E-state index is 0.154. The van der Waals surface area contributed by atoms with Crippen LogP contribution in [-0.4, -0.2) is 41.6 Å². The highest BCUT2D eigenvalue weighted by Gasteiger charge is 2.07. The van der Waals surface area contributed by atoms with Crippen LogP contribution in [0, 0.1) is 0 Å². The van der Waals surface area contributed by atoms with Gasteiger partial charge in [0.05, 0.1) is 0 Å². The molecule has 0 amide bonds. The van der Waals surface area contributed by atoms with E-state index in [9.17, 15) is 10.2 Å². The summed E-state index contributed by atoms with van der Waals surface area (Å²) in [5.74, 6) is -0.308. The molecular weight excluding hydrogens is 219 g/mol. The molecule has 0 aliphatic heterocycles. The van der Waals surface area contributed by atoms with Crippen LogP contribution in [0.3, 0.4) is 0 Å². The van der Waals surface area contributed by atoms with Crippen molar-refractivity contribution in [1.82, 2.24) is 0 Å². The number of hydrogen-bond donors (Lipinski definition) is 2. The van der Waals surface area contributed by atoms with E-state index in [2.05, 4.69) is 0 Å². The molecule has 0 fully saturated rings. The van der Waals surface area contributed by atoms with Crippen LogP contribution >= 0.6 is 0 Å². The van der Waals surface area contributed by atoms with Gasteiger partial charge in [-0.15, -0.1) is 0 Å². The second kappa shape index (κ2) is 4.52. The Labute approximate surface area is 111 Å². The first-order valence-electron chi connectivity index (χ1n) is 5.16. The molecule has 0 aliphatic carbocycles. The minimum Gasteiger partial charge on any atom is -0.509 e. The number of hydrogen-bond acceptors (Lipinski definition) is 2. The topological polar surface area (TPSA) is 40.5 Å². The van der Waals surface area contributed by atoms with Crippen molar-refractivity contribution in [1.29, 1.82) is 0 Å². The van der Waals surface area contributed by atoms with Crippen LogP contribution in [0.1, 0.15) is 0 Å². The summed E-state index contributed by atoms with van der Waals surface area (Å²) in [6.07, 6.45) is 0. The third-order valence-electron chi connectivity index (χ3n) is 2.67. The molecule has 2 rings (SSSR count). The van der Waals surface area contributed by atoms with Gasteiger partial charge in [0.1, 0.15) is 42.9 Å². The fourth-order valence-corrected chi connectivity index (χ4v) is 1.69. The third kappa shape index (κ3) is 2.15. The van der Waals surface area contributed by atoms with E-state index in [1.807, 2.05) is 0 Å². The summed E-state index contributed by atoms with van der Waals surface area (Å²) < 4.78 is 0. The molecule has 0 aromatic heterocycles. The monoisotopic (exact) mass is 226 g/mol. The predicted octanol–water partition coefficient (Wildman–Crippen LogP) is -2.06. The van der Waals surface area contributed by atoms with Gasteiger partial charge in [-0.3, -0.25) is 0 Å². The molecule has 2 nitrogen and oxygen atoms in total. The summed E-state index contributed by atoms with van der Waals surface area (Å²) in [4.78, 5) is 0. The Hall–Kier alpha value is -1.70. The van der Waals surface area contributed by atoms with Crippen molar-refractivity contribution >= 4 is 53.2 Å². The fraction of sp³-hybridized carbons (Fsp3) is 0. The minimum atomic E-state index is -0.154. The third-order valence-corrected chi connectivity index (χ3v) is 2.67. The molecule has 0 atom stereocenters. The van der Waals surface area contributed by atoms with Crippen molar-refractivity contribution in [3.05, 3.63) is 24.3 Å². The van der Waals surface area contributed by atoms with Crippen LogP contribution in [-0.2, 0) is 0 Å². The normalized spacial score (nSPS) is 10.4. The molecule has 18 heavy (non-hydrogen) atoms. The quantitative estimate of drug-likeness (QED) is 0.548. The Morgan fingerprint density at radius 1 is 0.556 bits per heavy atom. The molecule has 6 heteroatoms. The molecule has 0 aliphatic rings. The van der Waals surface area contributed by atoms with E-state index < -0.39 is 0 Å². The molecule has 0 saturated heterocycles. The smallest absolute Gasteiger partial charge is 0.118 e. The summed E-state index contributed by atoms with van der Waals surface area (Å²) in [6, 6.07) is 6.21. The predicted molar refractivity (Wildman–Crippen MR) is 76.8 cm³/mol. The zero-order valence-corrected chi connectivity index (χ0v) is 9.51. The van der Waals surface area contributed by atoms with Gasteiger partial charge in [-0.05, 0) is 11.1 Å². The van der Waals surface area contributed by atoms with Crippen LogP contribution in [0.25, 0.3) is 11.1 Å². The van der Waals surface area contributed by atoms with Crippen molar-refractivity contribution in [2.45, 2.75) is 0 Å². The number of phenolic OH excluding ortho intramolecular Hbond substituents is 2. The first-order chi connectivity index (χ1) is 8.40. The van der Waals surface area contributed by atoms with E-state index in [4.69, 9.17) is 31.4 Å². The molecule has 0 heterocycles. The lowest BCUT2D eigenvalue weighted by atomic mass is 9.79. The van der Waals surface area contributed by atoms with Gasteiger partial charge in [0.2, 0.25) is 0 Å². The fourth-order valence-electron chi connectivity index (χ4n) is 1.69. The molecular formula is C12H6B4O2. The largest absolute Gasteiger partial charge is 0.509 e. The molecule has 0 saturated carbocycles. The molecule has 2 N–H and O–H groups in total. The Balaban J connectivity index is 2.63. The summed E-state index contributed by atoms with van der Waals surface area (Å²) >= 11 is 0. The average Bonchev–Trinajstić information content (AvgIpc) is 2.31. The van der Waals surface area contributed by atoms with Gasteiger partial charge in [0.25, 0.3) is 0 Å². The second-order valence-corrected chi connectivity index (χ2v) is 4.01. The summed E-state index contributed by atoms with van der Waals surface area (Å²) in [7, 11) is 22.5. The zero-order chi connectivity index (χ0) is 13.4. The Morgan fingerprint density at radius 3 is 1.00 bits per heavy atom. The second-order valence-electron chi connectivity index (χ2n) is 4.01. The molecule has 0 unspecified atom stereocenters. The molecule has 2 aromatic carbocycles. The van der Waals surface area contributed by atoms with Gasteiger partial charge < -0.3 is 10.2 Å². The average molecular weight is 225 g/mol. The SMILES string of the molecule is [B]c1cc(-c2cc([B])c(O)c([B])c2)cc([B])c1O. The summed E-state index contributed by atoms with van der Waals surface area (Å²) in [5, 5.41) is 19.0. The van der Waals surface area contributed by atoms with Crippen molar-refractivity contribution in [3.8, 4) is 22.6 Å². The molecule has 8 radical (unpaired) electrons. The maximum atomic E-state index is 9.49. The number of phenols is 2. The van der Waals surface area contributed by atoms with Crippen LogP contribution in [0.15, 0.2) is 24.3 Å². The van der Waals surface area contributed by atoms with Crippen molar-refractivity contribution < 1.29 is 10.2 Å². The standard InChI is InChI=1S/C12H6B4O2/c13-7-1-5(2-8(14)11(7)17)6-3-9(15)12(18)10(16)4-6/h1-4,17-18H. The van der Waals surface area contributed by atoms with Gasteiger partial charge in [-0.2, -0.15) is 0 Å². The van der Waals surface area contributed by atoms with Gasteiger partial charge >= 0.3 is 0 Å². The maximum Gasteiger partial charge on any atom is 0.118 e. The molecule has 0 bridgehead atoms. The van der Waals surface area contributed by atoms with Crippen LogP contribution in [0.5, 0.6) is 11.5 Å². The van der Waals surface area contributed by atoms with Crippen molar-refractivity contribution in [2.75, 3.05) is 0 Å². The van der Waals surface area contributed by atoms with E-state index in [1.54, 1.807) is 24.3 Å². The lowest BCUT2D eigenvalue weighted by molar-refractivity contribution is 0.483. The molecule has 78 valence electrons. The highest BCUT2D eigenvalue weighted by atomic mass is 16.3. The van der Waals surface area contributed by atoms with E-state index in [1.165, 1.54) is 0 Å². The highest BCUT2D eigenvalue weighted by Crippen LogP contribution is 2.18. The van der Waals surface area contributed by atoms with Crippen molar-refractivity contribution in [2.24, 2.45) is 0 Å². The highest BCUT2D eigenvalue weighted by molar-refractivity contribution is 6.43. The lowest BCUT2D eigenvalue weighted by Crippen LogP contribution is -2.18. The number of benzene rings is 2. The first-order valence-corrected chi connectivity index (χ1v) is 5.16.